The van der Waals surface area contributed by atoms with Gasteiger partial charge in [0.15, 0.2) is 5.96 Å². The smallest absolute Gasteiger partial charge is 0.191 e. The Balaban J connectivity index is 1.56. The molecular formula is C21H23Cl2N5. The van der Waals surface area contributed by atoms with Gasteiger partial charge in [-0.15, -0.1) is 0 Å². The molecule has 3 aromatic rings. The molecule has 146 valence electrons. The van der Waals surface area contributed by atoms with Gasteiger partial charge in [-0.3, -0.25) is 4.99 Å². The second-order valence-electron chi connectivity index (χ2n) is 6.44. The lowest BCUT2D eigenvalue weighted by molar-refractivity contribution is 0.758. The van der Waals surface area contributed by atoms with E-state index in [0.29, 0.717) is 29.1 Å². The van der Waals surface area contributed by atoms with Crippen molar-refractivity contribution in [2.75, 3.05) is 7.05 Å². The number of benzene rings is 2. The topological polar surface area (TPSA) is 54.2 Å². The molecule has 0 radical (unpaired) electrons. The van der Waals surface area contributed by atoms with Gasteiger partial charge in [0.1, 0.15) is 5.82 Å². The molecule has 0 spiro atoms. The van der Waals surface area contributed by atoms with Crippen LogP contribution in [0.5, 0.6) is 0 Å². The van der Waals surface area contributed by atoms with Gasteiger partial charge in [-0.25, -0.2) is 4.98 Å². The zero-order valence-corrected chi connectivity index (χ0v) is 17.4. The second kappa shape index (κ2) is 9.62. The Morgan fingerprint density at radius 3 is 2.57 bits per heavy atom. The van der Waals surface area contributed by atoms with Crippen molar-refractivity contribution in [1.82, 2.24) is 20.2 Å². The van der Waals surface area contributed by atoms with Gasteiger partial charge in [0.05, 0.1) is 0 Å². The van der Waals surface area contributed by atoms with Crippen molar-refractivity contribution in [2.45, 2.75) is 26.6 Å². The van der Waals surface area contributed by atoms with E-state index in [-0.39, 0.29) is 0 Å². The van der Waals surface area contributed by atoms with Gasteiger partial charge in [-0.05, 0) is 35.7 Å². The van der Waals surface area contributed by atoms with Gasteiger partial charge >= 0.3 is 0 Å². The van der Waals surface area contributed by atoms with Crippen LogP contribution < -0.4 is 10.6 Å². The molecule has 0 saturated carbocycles. The first-order valence-electron chi connectivity index (χ1n) is 8.99. The van der Waals surface area contributed by atoms with Crippen LogP contribution in [0.3, 0.4) is 0 Å². The van der Waals surface area contributed by atoms with E-state index in [9.17, 15) is 0 Å². The summed E-state index contributed by atoms with van der Waals surface area (Å²) in [6.45, 7) is 4.05. The predicted molar refractivity (Wildman–Crippen MR) is 116 cm³/mol. The maximum absolute atomic E-state index is 6.22. The summed E-state index contributed by atoms with van der Waals surface area (Å²) < 4.78 is 2.13. The third kappa shape index (κ3) is 5.50. The minimum atomic E-state index is 0.565. The molecular weight excluding hydrogens is 393 g/mol. The number of halogens is 2. The quantitative estimate of drug-likeness (QED) is 0.462. The van der Waals surface area contributed by atoms with Crippen LogP contribution in [0.2, 0.25) is 10.0 Å². The molecule has 0 bridgehead atoms. The van der Waals surface area contributed by atoms with E-state index >= 15 is 0 Å². The van der Waals surface area contributed by atoms with Gasteiger partial charge in [0.2, 0.25) is 0 Å². The largest absolute Gasteiger partial charge is 0.352 e. The Morgan fingerprint density at radius 1 is 1.07 bits per heavy atom. The molecule has 1 heterocycles. The predicted octanol–water partition coefficient (Wildman–Crippen LogP) is 4.41. The third-order valence-electron chi connectivity index (χ3n) is 4.41. The summed E-state index contributed by atoms with van der Waals surface area (Å²) >= 11 is 12.2. The maximum Gasteiger partial charge on any atom is 0.191 e. The van der Waals surface area contributed by atoms with Crippen LogP contribution in [0.25, 0.3) is 0 Å². The van der Waals surface area contributed by atoms with E-state index in [1.165, 1.54) is 11.1 Å². The number of aryl methyl sites for hydroxylation is 1. The first-order chi connectivity index (χ1) is 13.5. The molecule has 0 aliphatic heterocycles. The van der Waals surface area contributed by atoms with E-state index in [1.54, 1.807) is 13.1 Å². The van der Waals surface area contributed by atoms with Gasteiger partial charge in [-0.1, -0.05) is 53.5 Å². The van der Waals surface area contributed by atoms with Crippen LogP contribution in [0, 0.1) is 6.92 Å². The average molecular weight is 416 g/mol. The summed E-state index contributed by atoms with van der Waals surface area (Å²) in [7, 11) is 1.75. The SMILES string of the molecule is CN=C(NCc1cccc(Cn2ccnc2C)c1)NCc1ccc(Cl)cc1Cl. The molecule has 28 heavy (non-hydrogen) atoms. The lowest BCUT2D eigenvalue weighted by Gasteiger charge is -2.13. The van der Waals surface area contributed by atoms with Crippen LogP contribution in [0.4, 0.5) is 0 Å². The highest BCUT2D eigenvalue weighted by Gasteiger charge is 2.04. The number of hydrogen-bond donors (Lipinski definition) is 2. The normalized spacial score (nSPS) is 11.5. The van der Waals surface area contributed by atoms with Crippen LogP contribution in [-0.2, 0) is 19.6 Å². The fraction of sp³-hybridized carbons (Fsp3) is 0.238. The van der Waals surface area contributed by atoms with Crippen molar-refractivity contribution in [3.05, 3.63) is 87.4 Å². The zero-order valence-electron chi connectivity index (χ0n) is 15.9. The van der Waals surface area contributed by atoms with E-state index in [1.807, 2.05) is 31.5 Å². The fourth-order valence-corrected chi connectivity index (χ4v) is 3.33. The second-order valence-corrected chi connectivity index (χ2v) is 7.28. The highest BCUT2D eigenvalue weighted by Crippen LogP contribution is 2.20. The Bertz CT molecular complexity index is 965. The molecule has 0 amide bonds. The number of rotatable bonds is 6. The van der Waals surface area contributed by atoms with Gasteiger partial charge in [0, 0.05) is 49.1 Å². The summed E-state index contributed by atoms with van der Waals surface area (Å²) in [6, 6.07) is 14.0. The standard InChI is InChI=1S/C21H23Cl2N5/c1-15-25-8-9-28(15)14-17-5-3-4-16(10-17)12-26-21(24-2)27-13-18-6-7-19(22)11-20(18)23/h3-11H,12-14H2,1-2H3,(H2,24,26,27). The van der Waals surface area contributed by atoms with Gasteiger partial charge in [0.25, 0.3) is 0 Å². The molecule has 3 rings (SSSR count). The molecule has 0 fully saturated rings. The Labute approximate surface area is 175 Å². The molecule has 0 unspecified atom stereocenters. The Kier molecular flexibility index (Phi) is 6.95. The molecule has 0 saturated heterocycles. The van der Waals surface area contributed by atoms with Crippen LogP contribution in [0.15, 0.2) is 59.9 Å². The summed E-state index contributed by atoms with van der Waals surface area (Å²) in [5.41, 5.74) is 3.38. The molecule has 5 nitrogen and oxygen atoms in total. The minimum Gasteiger partial charge on any atom is -0.352 e. The monoisotopic (exact) mass is 415 g/mol. The minimum absolute atomic E-state index is 0.565. The Hall–Kier alpha value is -2.50. The molecule has 0 atom stereocenters. The molecule has 1 aromatic heterocycles. The van der Waals surface area contributed by atoms with E-state index in [2.05, 4.69) is 49.4 Å². The van der Waals surface area contributed by atoms with Gasteiger partial charge in [-0.2, -0.15) is 0 Å². The first-order valence-corrected chi connectivity index (χ1v) is 9.75. The van der Waals surface area contributed by atoms with Crippen molar-refractivity contribution in [3.8, 4) is 0 Å². The maximum atomic E-state index is 6.22. The van der Waals surface area contributed by atoms with Crippen molar-refractivity contribution in [3.63, 3.8) is 0 Å². The highest BCUT2D eigenvalue weighted by molar-refractivity contribution is 6.35. The van der Waals surface area contributed by atoms with E-state index in [4.69, 9.17) is 23.2 Å². The van der Waals surface area contributed by atoms with E-state index < -0.39 is 0 Å². The fourth-order valence-electron chi connectivity index (χ4n) is 2.86. The summed E-state index contributed by atoms with van der Waals surface area (Å²) in [6.07, 6.45) is 3.82. The first kappa shape index (κ1) is 20.2. The third-order valence-corrected chi connectivity index (χ3v) is 5.00. The number of nitrogens with zero attached hydrogens (tertiary/aromatic N) is 3. The molecule has 7 heteroatoms. The molecule has 2 aromatic carbocycles. The highest BCUT2D eigenvalue weighted by atomic mass is 35.5. The van der Waals surface area contributed by atoms with E-state index in [0.717, 1.165) is 17.9 Å². The lowest BCUT2D eigenvalue weighted by Crippen LogP contribution is -2.36. The van der Waals surface area contributed by atoms with Crippen molar-refractivity contribution < 1.29 is 0 Å². The number of aromatic nitrogens is 2. The van der Waals surface area contributed by atoms with Crippen molar-refractivity contribution in [2.24, 2.45) is 4.99 Å². The molecule has 0 aliphatic carbocycles. The number of hydrogen-bond acceptors (Lipinski definition) is 2. The van der Waals surface area contributed by atoms with Crippen LogP contribution >= 0.6 is 23.2 Å². The lowest BCUT2D eigenvalue weighted by atomic mass is 10.1. The number of guanidine groups is 1. The number of aliphatic imine (C=N–C) groups is 1. The number of nitrogens with one attached hydrogen (secondary N) is 2. The summed E-state index contributed by atoms with van der Waals surface area (Å²) in [5, 5.41) is 7.87. The molecule has 2 N–H and O–H groups in total. The van der Waals surface area contributed by atoms with Crippen LogP contribution in [0.1, 0.15) is 22.5 Å². The average Bonchev–Trinajstić information content (AvgIpc) is 3.08. The van der Waals surface area contributed by atoms with Crippen LogP contribution in [-0.4, -0.2) is 22.6 Å². The summed E-state index contributed by atoms with van der Waals surface area (Å²) in [4.78, 5) is 8.55. The number of imidazole rings is 1. The van der Waals surface area contributed by atoms with Crippen molar-refractivity contribution in [1.29, 1.82) is 0 Å². The van der Waals surface area contributed by atoms with Crippen molar-refractivity contribution >= 4 is 29.2 Å². The zero-order chi connectivity index (χ0) is 19.9. The summed E-state index contributed by atoms with van der Waals surface area (Å²) in [5.74, 6) is 1.72. The Morgan fingerprint density at radius 2 is 1.86 bits per heavy atom. The molecule has 0 aliphatic rings. The van der Waals surface area contributed by atoms with Gasteiger partial charge < -0.3 is 15.2 Å².